The fraction of sp³-hybridized carbons (Fsp3) is 0.565. The molecule has 14 atom stereocenters. The predicted molar refractivity (Wildman–Crippen MR) is 280 cm³/mol. The van der Waals surface area contributed by atoms with E-state index in [-0.39, 0.29) is 104 Å². The van der Waals surface area contributed by atoms with Crippen molar-refractivity contribution in [3.8, 4) is 23.3 Å². The summed E-state index contributed by atoms with van der Waals surface area (Å²) in [5.41, 5.74) is 1.89. The van der Waals surface area contributed by atoms with E-state index in [9.17, 15) is 40.2 Å². The van der Waals surface area contributed by atoms with Gasteiger partial charge in [-0.1, -0.05) is 86.4 Å². The second-order valence-corrected chi connectivity index (χ2v) is 23.7. The van der Waals surface area contributed by atoms with Crippen molar-refractivity contribution in [3.05, 3.63) is 111 Å². The van der Waals surface area contributed by atoms with Gasteiger partial charge in [-0.3, -0.25) is 9.59 Å². The Kier molecular flexibility index (Phi) is 14.4. The Morgan fingerprint density at radius 1 is 0.893 bits per heavy atom. The fourth-order valence-corrected chi connectivity index (χ4v) is 15.3. The predicted octanol–water partition coefficient (Wildman–Crippen LogP) is 7.40. The van der Waals surface area contributed by atoms with Gasteiger partial charge in [-0.25, -0.2) is 4.79 Å². The van der Waals surface area contributed by atoms with E-state index in [2.05, 4.69) is 29.3 Å². The van der Waals surface area contributed by atoms with Crippen molar-refractivity contribution in [1.29, 1.82) is 0 Å². The highest BCUT2D eigenvalue weighted by molar-refractivity contribution is 5.89. The first-order chi connectivity index (χ1) is 36.1. The minimum Gasteiger partial charge on any atom is -0.507 e. The van der Waals surface area contributed by atoms with Crippen molar-refractivity contribution >= 4 is 23.4 Å². The molecule has 12 bridgehead atoms. The van der Waals surface area contributed by atoms with Crippen LogP contribution in [0.1, 0.15) is 141 Å². The molecule has 0 aromatic heterocycles. The maximum atomic E-state index is 15.8. The minimum absolute atomic E-state index is 0.00258. The van der Waals surface area contributed by atoms with E-state index in [1.165, 1.54) is 20.1 Å². The molecule has 11 rings (SSSR count). The number of phenols is 1. The molecule has 4 saturated carbocycles. The lowest BCUT2D eigenvalue weighted by atomic mass is 9.41. The number of hydrogen-bond donors (Lipinski definition) is 7. The van der Waals surface area contributed by atoms with Gasteiger partial charge in [0.2, 0.25) is 0 Å². The van der Waals surface area contributed by atoms with Gasteiger partial charge in [0, 0.05) is 73.1 Å². The summed E-state index contributed by atoms with van der Waals surface area (Å²) in [6.07, 6.45) is 10.9. The summed E-state index contributed by atoms with van der Waals surface area (Å²) in [5.74, 6) is 2.85. The summed E-state index contributed by atoms with van der Waals surface area (Å²) in [6.45, 7) is 0.941. The molecule has 3 aromatic rings. The van der Waals surface area contributed by atoms with Crippen LogP contribution in [0.25, 0.3) is 0 Å². The van der Waals surface area contributed by atoms with Crippen molar-refractivity contribution in [2.75, 3.05) is 25.6 Å². The molecule has 5 aliphatic carbocycles. The summed E-state index contributed by atoms with van der Waals surface area (Å²) in [5, 5.41) is 75.4. The number of carbonyl (C=O) groups excluding carboxylic acids is 3. The molecule has 13 nitrogen and oxygen atoms in total. The van der Waals surface area contributed by atoms with Gasteiger partial charge in [0.15, 0.2) is 0 Å². The Hall–Kier alpha value is -5.33. The van der Waals surface area contributed by atoms with Crippen LogP contribution in [0.5, 0.6) is 11.5 Å². The number of ether oxygens (including phenoxy) is 3. The van der Waals surface area contributed by atoms with Gasteiger partial charge in [-0.15, -0.1) is 0 Å². The van der Waals surface area contributed by atoms with Crippen LogP contribution in [-0.2, 0) is 49.7 Å². The highest BCUT2D eigenvalue weighted by Gasteiger charge is 2.68. The van der Waals surface area contributed by atoms with E-state index in [1.807, 2.05) is 36.4 Å². The summed E-state index contributed by atoms with van der Waals surface area (Å²) >= 11 is 0. The van der Waals surface area contributed by atoms with Crippen LogP contribution in [0, 0.1) is 53.3 Å². The molecule has 0 saturated heterocycles. The first-order valence-electron chi connectivity index (χ1n) is 27.7. The van der Waals surface area contributed by atoms with Gasteiger partial charge in [-0.05, 0) is 133 Å². The molecule has 3 aliphatic heterocycles. The lowest BCUT2D eigenvalue weighted by Gasteiger charge is -2.65. The second-order valence-electron chi connectivity index (χ2n) is 23.7. The van der Waals surface area contributed by atoms with Crippen molar-refractivity contribution in [2.45, 2.75) is 157 Å². The zero-order valence-electron chi connectivity index (χ0n) is 43.2. The summed E-state index contributed by atoms with van der Waals surface area (Å²) in [6, 6.07) is 15.2. The maximum Gasteiger partial charge on any atom is 0.334 e. The number of phenolic OH excluding ortho intramolecular Hbond substituents is 1. The van der Waals surface area contributed by atoms with Crippen LogP contribution in [0.4, 0.5) is 5.69 Å². The lowest BCUT2D eigenvalue weighted by molar-refractivity contribution is -0.247. The molecule has 13 heteroatoms. The molecule has 8 aliphatic rings. The van der Waals surface area contributed by atoms with Crippen LogP contribution >= 0.6 is 0 Å². The number of benzene rings is 3. The molecule has 3 heterocycles. The molecule has 75 heavy (non-hydrogen) atoms. The van der Waals surface area contributed by atoms with Gasteiger partial charge in [0.05, 0.1) is 31.7 Å². The van der Waals surface area contributed by atoms with Crippen LogP contribution in [0.3, 0.4) is 0 Å². The van der Waals surface area contributed by atoms with E-state index in [4.69, 9.17) is 14.2 Å². The number of Topliss-reactive ketones (excluding diaryl/α,β-unsaturated/α-hetero) is 1. The smallest absolute Gasteiger partial charge is 0.334 e. The summed E-state index contributed by atoms with van der Waals surface area (Å²) in [7, 11) is 1.44. The lowest BCUT2D eigenvalue weighted by Crippen LogP contribution is -2.70. The molecular weight excluding hydrogens is 951 g/mol. The summed E-state index contributed by atoms with van der Waals surface area (Å²) in [4.78, 5) is 44.3. The van der Waals surface area contributed by atoms with Crippen molar-refractivity contribution in [1.82, 2.24) is 0 Å². The molecule has 0 spiro atoms. The molecule has 0 amide bonds. The molecule has 14 unspecified atom stereocenters. The number of aliphatic hydroxyl groups is 5. The van der Waals surface area contributed by atoms with E-state index in [0.29, 0.717) is 52.1 Å². The number of aliphatic hydroxyl groups excluding tert-OH is 3. The number of aromatic hydroxyl groups is 1. The first kappa shape index (κ1) is 51.8. The van der Waals surface area contributed by atoms with Crippen LogP contribution in [0.2, 0.25) is 0 Å². The second kappa shape index (κ2) is 20.9. The zero-order chi connectivity index (χ0) is 52.3. The zero-order valence-corrected chi connectivity index (χ0v) is 43.2. The van der Waals surface area contributed by atoms with Crippen molar-refractivity contribution in [2.24, 2.45) is 41.4 Å². The Balaban J connectivity index is 1.13. The van der Waals surface area contributed by atoms with E-state index < -0.39 is 65.1 Å². The van der Waals surface area contributed by atoms with Crippen molar-refractivity contribution in [3.63, 3.8) is 0 Å². The fourth-order valence-electron chi connectivity index (χ4n) is 15.3. The maximum absolute atomic E-state index is 15.8. The third kappa shape index (κ3) is 9.78. The van der Waals surface area contributed by atoms with E-state index in [1.54, 1.807) is 12.1 Å². The Bertz CT molecular complexity index is 2830. The summed E-state index contributed by atoms with van der Waals surface area (Å²) < 4.78 is 18.3. The van der Waals surface area contributed by atoms with Crippen LogP contribution < -0.4 is 10.1 Å². The Morgan fingerprint density at radius 2 is 1.65 bits per heavy atom. The number of hydrogen-bond acceptors (Lipinski definition) is 13. The molecule has 7 N–H and O–H groups in total. The number of fused-ring (bicyclic) bond motifs is 10. The quantitative estimate of drug-likeness (QED) is 0.0483. The third-order valence-electron chi connectivity index (χ3n) is 18.9. The SMILES string of the molecule is COCC(O)C(C)(O)CNc1cc(CO)cc(C2C#CC3CC(=O)Oc4c3cc(c(O)c4C3CCCCC3)CC3OC(=O)C(=CC(O)Cc4cccc(c4)CC4C(=O)CC5C=CC6C7CCCCC7C3(O)C5C46)C2)c1. The van der Waals surface area contributed by atoms with Gasteiger partial charge in [0.25, 0.3) is 0 Å². The van der Waals surface area contributed by atoms with Gasteiger partial charge >= 0.3 is 11.9 Å². The molecular formula is C62H73NO12. The van der Waals surface area contributed by atoms with Crippen LogP contribution in [0.15, 0.2) is 72.3 Å². The van der Waals surface area contributed by atoms with Gasteiger partial charge in [0.1, 0.15) is 40.7 Å². The standard InChI is InChI=1S/C62H73NO12/c1-61(71,52(67)32-73-2)33-63-44-21-36(31-64)20-41(25-44)38-15-16-39-30-54(68)75-59-48(39)27-42(58(69)55(59)37-11-4-3-5-12-37)29-53-62(72)50-14-7-6-13-46(50)47-18-17-40-28-51(66)49(56(47)57(40)62)23-35-10-8-9-34(19-35)22-45(65)26-43(24-38)60(70)74-53/h8-10,17-21,25-27,37-40,45-47,49-50,52-53,56-57,63-65,67,69,71-72H,3-7,11-14,22-24,28-33H2,1-2H3. The number of carbonyl (C=O) groups is 3. The molecule has 0 radical (unpaired) electrons. The van der Waals surface area contributed by atoms with Crippen molar-refractivity contribution < 1.29 is 59.2 Å². The number of anilines is 1. The monoisotopic (exact) mass is 1020 g/mol. The van der Waals surface area contributed by atoms with Gasteiger partial charge in [-0.2, -0.15) is 0 Å². The Labute approximate surface area is 439 Å². The molecule has 4 fully saturated rings. The number of allylic oxidation sites excluding steroid dienone is 2. The third-order valence-corrected chi connectivity index (χ3v) is 18.9. The number of esters is 2. The number of methoxy groups -OCH3 is 1. The topological polar surface area (TPSA) is 212 Å². The largest absolute Gasteiger partial charge is 0.507 e. The highest BCUT2D eigenvalue weighted by atomic mass is 16.6. The van der Waals surface area contributed by atoms with Gasteiger partial charge < -0.3 is 50.2 Å². The average molecular weight is 1020 g/mol. The Morgan fingerprint density at radius 3 is 2.44 bits per heavy atom. The number of nitrogens with one attached hydrogen (secondary N) is 1. The van der Waals surface area contributed by atoms with E-state index in [0.717, 1.165) is 62.5 Å². The molecule has 3 aromatic carbocycles. The molecule has 398 valence electrons. The first-order valence-corrected chi connectivity index (χ1v) is 27.7. The van der Waals surface area contributed by atoms with E-state index >= 15 is 4.79 Å². The minimum atomic E-state index is -1.66. The van der Waals surface area contributed by atoms with Crippen LogP contribution in [-0.4, -0.2) is 98.1 Å². The average Bonchev–Trinajstić information content (AvgIpc) is 3.42. The number of ketones is 1. The normalized spacial score (nSPS) is 33.5. The number of rotatable bonds is 9. The highest BCUT2D eigenvalue weighted by Crippen LogP contribution is 2.64.